The van der Waals surface area contributed by atoms with Crippen LogP contribution >= 0.6 is 11.7 Å². The fourth-order valence-electron chi connectivity index (χ4n) is 4.84. The van der Waals surface area contributed by atoms with Gasteiger partial charge in [-0.05, 0) is 37.8 Å². The first-order valence-electron chi connectivity index (χ1n) is 11.6. The number of nitrogens with zero attached hydrogens (tertiary/aromatic N) is 5. The lowest BCUT2D eigenvalue weighted by Crippen LogP contribution is -2.47. The minimum atomic E-state index is -0.216. The number of carbonyl (C=O) groups is 1. The second kappa shape index (κ2) is 10.0. The van der Waals surface area contributed by atoms with Crippen LogP contribution in [0.25, 0.3) is 0 Å². The van der Waals surface area contributed by atoms with Crippen LogP contribution in [0.4, 0.5) is 11.6 Å². The molecule has 0 radical (unpaired) electrons. The summed E-state index contributed by atoms with van der Waals surface area (Å²) < 4.78 is 13.9. The van der Waals surface area contributed by atoms with Gasteiger partial charge in [-0.25, -0.2) is 4.98 Å². The van der Waals surface area contributed by atoms with E-state index in [4.69, 9.17) is 9.72 Å². The van der Waals surface area contributed by atoms with E-state index in [9.17, 15) is 4.79 Å². The molecule has 1 aliphatic heterocycles. The summed E-state index contributed by atoms with van der Waals surface area (Å²) in [6, 6.07) is 4.18. The molecule has 2 aromatic rings. The van der Waals surface area contributed by atoms with Gasteiger partial charge < -0.3 is 19.9 Å². The zero-order valence-electron chi connectivity index (χ0n) is 19.3. The molecule has 174 valence electrons. The van der Waals surface area contributed by atoms with E-state index in [1.54, 1.807) is 7.11 Å². The van der Waals surface area contributed by atoms with E-state index < -0.39 is 0 Å². The summed E-state index contributed by atoms with van der Waals surface area (Å²) in [5.41, 5.74) is 0.960. The Kier molecular flexibility index (Phi) is 7.13. The monoisotopic (exact) mass is 458 g/mol. The molecule has 2 aliphatic rings. The van der Waals surface area contributed by atoms with Crippen molar-refractivity contribution in [2.75, 3.05) is 43.1 Å². The van der Waals surface area contributed by atoms with Gasteiger partial charge >= 0.3 is 0 Å². The second-order valence-electron chi connectivity index (χ2n) is 9.26. The minimum Gasteiger partial charge on any atom is -0.478 e. The van der Waals surface area contributed by atoms with E-state index >= 15 is 0 Å². The molecule has 8 nitrogen and oxygen atoms in total. The Labute approximate surface area is 194 Å². The molecule has 9 heteroatoms. The van der Waals surface area contributed by atoms with Gasteiger partial charge in [0.25, 0.3) is 5.88 Å². The standard InChI is InChI=1S/C23H34N6O2S/c1-17(25-22(30)23(2)9-5-4-6-10-23)16-18-8-7-11-24-19(18)28-12-14-29(15-13-28)20-21(31-3)27-32-26-20/h7-8,11,17H,4-6,9-10,12-16H2,1-3H3,(H,25,30). The number of methoxy groups -OCH3 is 1. The number of anilines is 2. The van der Waals surface area contributed by atoms with Crippen LogP contribution in [0.2, 0.25) is 0 Å². The number of carbonyl (C=O) groups excluding carboxylic acids is 1. The topological polar surface area (TPSA) is 83.5 Å². The number of hydrogen-bond acceptors (Lipinski definition) is 8. The molecule has 32 heavy (non-hydrogen) atoms. The molecule has 2 aromatic heterocycles. The van der Waals surface area contributed by atoms with Crippen LogP contribution < -0.4 is 19.9 Å². The van der Waals surface area contributed by atoms with E-state index in [2.05, 4.69) is 43.8 Å². The molecule has 1 saturated carbocycles. The van der Waals surface area contributed by atoms with Crippen LogP contribution in [0.15, 0.2) is 18.3 Å². The van der Waals surface area contributed by atoms with Gasteiger partial charge in [0.15, 0.2) is 0 Å². The average molecular weight is 459 g/mol. The van der Waals surface area contributed by atoms with Crippen molar-refractivity contribution in [3.63, 3.8) is 0 Å². The second-order valence-corrected chi connectivity index (χ2v) is 9.79. The van der Waals surface area contributed by atoms with Crippen LogP contribution in [0.1, 0.15) is 51.5 Å². The van der Waals surface area contributed by atoms with Gasteiger partial charge in [0, 0.05) is 43.8 Å². The van der Waals surface area contributed by atoms with Gasteiger partial charge in [-0.1, -0.05) is 32.3 Å². The summed E-state index contributed by atoms with van der Waals surface area (Å²) in [6.07, 6.45) is 8.16. The Morgan fingerprint density at radius 2 is 1.84 bits per heavy atom. The maximum atomic E-state index is 12.9. The highest BCUT2D eigenvalue weighted by Crippen LogP contribution is 2.36. The van der Waals surface area contributed by atoms with Crippen molar-refractivity contribution in [2.45, 2.75) is 58.4 Å². The Balaban J connectivity index is 1.37. The third-order valence-electron chi connectivity index (χ3n) is 6.79. The van der Waals surface area contributed by atoms with E-state index in [1.165, 1.54) is 23.7 Å². The first kappa shape index (κ1) is 22.8. The van der Waals surface area contributed by atoms with E-state index in [0.29, 0.717) is 5.88 Å². The van der Waals surface area contributed by atoms with Crippen LogP contribution in [0.3, 0.4) is 0 Å². The average Bonchev–Trinajstić information content (AvgIpc) is 3.29. The molecule has 2 fully saturated rings. The highest BCUT2D eigenvalue weighted by Gasteiger charge is 2.35. The number of pyridine rings is 1. The number of aromatic nitrogens is 3. The molecular formula is C23H34N6O2S. The maximum Gasteiger partial charge on any atom is 0.270 e. The van der Waals surface area contributed by atoms with Crippen molar-refractivity contribution in [3.05, 3.63) is 23.9 Å². The number of amides is 1. The largest absolute Gasteiger partial charge is 0.478 e. The summed E-state index contributed by atoms with van der Waals surface area (Å²) >= 11 is 1.18. The third-order valence-corrected chi connectivity index (χ3v) is 7.29. The Morgan fingerprint density at radius 3 is 2.53 bits per heavy atom. The Hall–Kier alpha value is -2.42. The van der Waals surface area contributed by atoms with Crippen LogP contribution in [-0.2, 0) is 11.2 Å². The SMILES string of the molecule is COc1nsnc1N1CCN(c2ncccc2CC(C)NC(=O)C2(C)CCCCC2)CC1. The van der Waals surface area contributed by atoms with Crippen molar-refractivity contribution in [3.8, 4) is 5.88 Å². The molecule has 3 heterocycles. The molecule has 1 atom stereocenters. The molecule has 1 amide bonds. The van der Waals surface area contributed by atoms with Gasteiger partial charge in [-0.2, -0.15) is 4.37 Å². The van der Waals surface area contributed by atoms with Gasteiger partial charge in [0.05, 0.1) is 18.8 Å². The van der Waals surface area contributed by atoms with Crippen molar-refractivity contribution in [1.82, 2.24) is 19.0 Å². The van der Waals surface area contributed by atoms with Crippen molar-refractivity contribution in [1.29, 1.82) is 0 Å². The molecule has 0 bridgehead atoms. The van der Waals surface area contributed by atoms with Gasteiger partial charge in [-0.15, -0.1) is 4.37 Å². The number of ether oxygens (including phenoxy) is 1. The lowest BCUT2D eigenvalue weighted by Gasteiger charge is -2.36. The first-order valence-corrected chi connectivity index (χ1v) is 12.3. The lowest BCUT2D eigenvalue weighted by atomic mass is 9.75. The zero-order chi connectivity index (χ0) is 22.6. The minimum absolute atomic E-state index is 0.0656. The highest BCUT2D eigenvalue weighted by molar-refractivity contribution is 6.99. The molecule has 1 aliphatic carbocycles. The number of piperazine rings is 1. The van der Waals surface area contributed by atoms with Crippen molar-refractivity contribution >= 4 is 29.3 Å². The smallest absolute Gasteiger partial charge is 0.270 e. The molecule has 1 saturated heterocycles. The number of nitrogens with one attached hydrogen (secondary N) is 1. The molecule has 1 N–H and O–H groups in total. The fourth-order valence-corrected chi connectivity index (χ4v) is 5.38. The van der Waals surface area contributed by atoms with Crippen LogP contribution in [0.5, 0.6) is 5.88 Å². The predicted molar refractivity (Wildman–Crippen MR) is 128 cm³/mol. The third kappa shape index (κ3) is 4.98. The highest BCUT2D eigenvalue weighted by atomic mass is 32.1. The van der Waals surface area contributed by atoms with Crippen LogP contribution in [-0.4, -0.2) is 59.0 Å². The normalized spacial score (nSPS) is 19.5. The number of hydrogen-bond donors (Lipinski definition) is 1. The van der Waals surface area contributed by atoms with Crippen molar-refractivity contribution < 1.29 is 9.53 Å². The van der Waals surface area contributed by atoms with E-state index in [1.807, 2.05) is 12.3 Å². The van der Waals surface area contributed by atoms with Crippen LogP contribution in [0, 0.1) is 5.41 Å². The lowest BCUT2D eigenvalue weighted by molar-refractivity contribution is -0.132. The van der Waals surface area contributed by atoms with E-state index in [0.717, 1.165) is 69.9 Å². The Morgan fingerprint density at radius 1 is 1.16 bits per heavy atom. The maximum absolute atomic E-state index is 12.9. The van der Waals surface area contributed by atoms with Crippen molar-refractivity contribution in [2.24, 2.45) is 5.41 Å². The Bertz CT molecular complexity index is 905. The molecule has 1 unspecified atom stereocenters. The van der Waals surface area contributed by atoms with E-state index in [-0.39, 0.29) is 17.4 Å². The summed E-state index contributed by atoms with van der Waals surface area (Å²) in [4.78, 5) is 22.2. The summed E-state index contributed by atoms with van der Waals surface area (Å²) in [6.45, 7) is 7.59. The number of rotatable bonds is 7. The van der Waals surface area contributed by atoms with Gasteiger partial charge in [-0.3, -0.25) is 4.79 Å². The molecule has 0 aromatic carbocycles. The predicted octanol–water partition coefficient (Wildman–Crippen LogP) is 3.29. The van der Waals surface area contributed by atoms with Gasteiger partial charge in [0.1, 0.15) is 5.82 Å². The molecule has 0 spiro atoms. The fraction of sp³-hybridized carbons (Fsp3) is 0.652. The zero-order valence-corrected chi connectivity index (χ0v) is 20.2. The van der Waals surface area contributed by atoms with Gasteiger partial charge in [0.2, 0.25) is 11.7 Å². The summed E-state index contributed by atoms with van der Waals surface area (Å²) in [5.74, 6) is 2.64. The quantitative estimate of drug-likeness (QED) is 0.682. The first-order chi connectivity index (χ1) is 15.5. The summed E-state index contributed by atoms with van der Waals surface area (Å²) in [7, 11) is 1.63. The molecule has 4 rings (SSSR count). The molecular weight excluding hydrogens is 424 g/mol. The summed E-state index contributed by atoms with van der Waals surface area (Å²) in [5, 5.41) is 3.29.